The number of rotatable bonds is 2. The molecule has 0 aromatic heterocycles. The Balaban J connectivity index is 0.00000200. The molecule has 0 aliphatic carbocycles. The summed E-state index contributed by atoms with van der Waals surface area (Å²) in [7, 11) is 0. The van der Waals surface area contributed by atoms with Crippen molar-refractivity contribution < 1.29 is 9.59 Å². The van der Waals surface area contributed by atoms with Gasteiger partial charge in [0.1, 0.15) is 0 Å². The Labute approximate surface area is 127 Å². The van der Waals surface area contributed by atoms with E-state index in [1.54, 1.807) is 11.8 Å². The van der Waals surface area contributed by atoms with Crippen LogP contribution in [-0.2, 0) is 9.59 Å². The van der Waals surface area contributed by atoms with Crippen LogP contribution in [0.15, 0.2) is 0 Å². The molecule has 6 heteroatoms. The average molecular weight is 304 g/mol. The van der Waals surface area contributed by atoms with Crippen molar-refractivity contribution in [2.45, 2.75) is 51.6 Å². The fourth-order valence-electron chi connectivity index (χ4n) is 3.02. The maximum Gasteiger partial charge on any atom is 0.225 e. The lowest BCUT2D eigenvalue weighted by atomic mass is 9.94. The molecule has 0 bridgehead atoms. The highest BCUT2D eigenvalue weighted by Gasteiger charge is 2.30. The third kappa shape index (κ3) is 4.35. The molecule has 2 heterocycles. The molecule has 2 rings (SSSR count). The van der Waals surface area contributed by atoms with Crippen molar-refractivity contribution in [1.82, 2.24) is 15.5 Å². The highest BCUT2D eigenvalue weighted by molar-refractivity contribution is 5.85. The highest BCUT2D eigenvalue weighted by atomic mass is 35.5. The Morgan fingerprint density at radius 2 is 2.00 bits per heavy atom. The van der Waals surface area contributed by atoms with E-state index < -0.39 is 0 Å². The van der Waals surface area contributed by atoms with E-state index in [0.29, 0.717) is 12.6 Å². The summed E-state index contributed by atoms with van der Waals surface area (Å²) < 4.78 is 0. The minimum atomic E-state index is -0.0354. The van der Waals surface area contributed by atoms with Gasteiger partial charge in [0, 0.05) is 32.1 Å². The van der Waals surface area contributed by atoms with Crippen LogP contribution in [-0.4, -0.2) is 48.4 Å². The summed E-state index contributed by atoms with van der Waals surface area (Å²) in [5, 5.41) is 6.55. The fourth-order valence-corrected chi connectivity index (χ4v) is 3.02. The number of amides is 2. The van der Waals surface area contributed by atoms with Gasteiger partial charge in [0.2, 0.25) is 11.8 Å². The van der Waals surface area contributed by atoms with Crippen molar-refractivity contribution >= 4 is 24.2 Å². The van der Waals surface area contributed by atoms with Crippen molar-refractivity contribution in [1.29, 1.82) is 0 Å². The molecule has 2 N–H and O–H groups in total. The number of nitrogens with one attached hydrogen (secondary N) is 2. The van der Waals surface area contributed by atoms with Gasteiger partial charge in [-0.1, -0.05) is 0 Å². The molecule has 2 saturated heterocycles. The lowest BCUT2D eigenvalue weighted by molar-refractivity contribution is -0.134. The quantitative estimate of drug-likeness (QED) is 0.797. The predicted octanol–water partition coefficient (Wildman–Crippen LogP) is 0.923. The van der Waals surface area contributed by atoms with Gasteiger partial charge in [-0.3, -0.25) is 9.59 Å². The summed E-state index contributed by atoms with van der Waals surface area (Å²) in [6.07, 6.45) is 3.98. The minimum Gasteiger partial charge on any atom is -0.352 e. The van der Waals surface area contributed by atoms with Gasteiger partial charge in [0.15, 0.2) is 0 Å². The van der Waals surface area contributed by atoms with Crippen LogP contribution in [0.25, 0.3) is 0 Å². The molecule has 20 heavy (non-hydrogen) atoms. The van der Waals surface area contributed by atoms with Crippen LogP contribution in [0.5, 0.6) is 0 Å². The molecule has 0 aromatic rings. The van der Waals surface area contributed by atoms with E-state index in [1.165, 1.54) is 0 Å². The van der Waals surface area contributed by atoms with Crippen LogP contribution in [0.4, 0.5) is 0 Å². The van der Waals surface area contributed by atoms with Crippen LogP contribution < -0.4 is 10.6 Å². The largest absolute Gasteiger partial charge is 0.352 e. The van der Waals surface area contributed by atoms with E-state index >= 15 is 0 Å². The second-order valence-corrected chi connectivity index (χ2v) is 5.80. The number of hydrogen-bond acceptors (Lipinski definition) is 3. The van der Waals surface area contributed by atoms with E-state index in [2.05, 4.69) is 17.6 Å². The molecule has 0 radical (unpaired) electrons. The monoisotopic (exact) mass is 303 g/mol. The summed E-state index contributed by atoms with van der Waals surface area (Å²) in [5.74, 6) is 0.156. The molecule has 0 spiro atoms. The van der Waals surface area contributed by atoms with Crippen LogP contribution in [0.1, 0.15) is 39.5 Å². The first-order valence-electron chi connectivity index (χ1n) is 7.37. The van der Waals surface area contributed by atoms with Gasteiger partial charge in [-0.25, -0.2) is 0 Å². The van der Waals surface area contributed by atoms with Crippen LogP contribution in [0.3, 0.4) is 0 Å². The van der Waals surface area contributed by atoms with Gasteiger partial charge >= 0.3 is 0 Å². The molecule has 3 atom stereocenters. The summed E-state index contributed by atoms with van der Waals surface area (Å²) in [5.41, 5.74) is 0. The zero-order valence-corrected chi connectivity index (χ0v) is 13.2. The SMILES string of the molecule is CC(=O)N1CCCC(C(=O)NC2CCCNC2C)C1.Cl. The molecular weight excluding hydrogens is 278 g/mol. The number of carbonyl (C=O) groups excluding carboxylic acids is 2. The summed E-state index contributed by atoms with van der Waals surface area (Å²) >= 11 is 0. The van der Waals surface area contributed by atoms with Gasteiger partial charge in [-0.15, -0.1) is 12.4 Å². The maximum absolute atomic E-state index is 12.3. The van der Waals surface area contributed by atoms with Crippen LogP contribution in [0.2, 0.25) is 0 Å². The molecule has 2 aliphatic rings. The van der Waals surface area contributed by atoms with Crippen molar-refractivity contribution in [3.05, 3.63) is 0 Å². The Morgan fingerprint density at radius 1 is 1.25 bits per heavy atom. The van der Waals surface area contributed by atoms with E-state index in [1.807, 2.05) is 0 Å². The first-order valence-corrected chi connectivity index (χ1v) is 7.37. The number of hydrogen-bond donors (Lipinski definition) is 2. The Hall–Kier alpha value is -0.810. The number of piperidine rings is 2. The lowest BCUT2D eigenvalue weighted by Crippen LogP contribution is -2.54. The third-order valence-electron chi connectivity index (χ3n) is 4.33. The number of carbonyl (C=O) groups is 2. The lowest BCUT2D eigenvalue weighted by Gasteiger charge is -2.35. The molecular formula is C14H26ClN3O2. The molecule has 0 saturated carbocycles. The average Bonchev–Trinajstić information content (AvgIpc) is 2.41. The molecule has 5 nitrogen and oxygen atoms in total. The topological polar surface area (TPSA) is 61.4 Å². The van der Waals surface area contributed by atoms with Gasteiger partial charge < -0.3 is 15.5 Å². The summed E-state index contributed by atoms with van der Waals surface area (Å²) in [4.78, 5) is 25.5. The highest BCUT2D eigenvalue weighted by Crippen LogP contribution is 2.18. The Bertz CT molecular complexity index is 351. The molecule has 116 valence electrons. The third-order valence-corrected chi connectivity index (χ3v) is 4.33. The van der Waals surface area contributed by atoms with Gasteiger partial charge in [-0.2, -0.15) is 0 Å². The Kier molecular flexibility index (Phi) is 6.76. The predicted molar refractivity (Wildman–Crippen MR) is 80.9 cm³/mol. The standard InChI is InChI=1S/C14H25N3O2.ClH/c1-10-13(6-3-7-15-10)16-14(19)12-5-4-8-17(9-12)11(2)18;/h10,12-13,15H,3-9H2,1-2H3,(H,16,19);1H. The van der Waals surface area contributed by atoms with Gasteiger partial charge in [0.25, 0.3) is 0 Å². The first-order chi connectivity index (χ1) is 9.08. The van der Waals surface area contributed by atoms with Crippen LogP contribution >= 0.6 is 12.4 Å². The normalized spacial score (nSPS) is 30.3. The molecule has 3 unspecified atom stereocenters. The zero-order valence-electron chi connectivity index (χ0n) is 12.4. The molecule has 2 aliphatic heterocycles. The fraction of sp³-hybridized carbons (Fsp3) is 0.857. The number of halogens is 1. The zero-order chi connectivity index (χ0) is 13.8. The molecule has 0 aromatic carbocycles. The summed E-state index contributed by atoms with van der Waals surface area (Å²) in [6.45, 7) is 6.10. The van der Waals surface area contributed by atoms with Gasteiger partial charge in [-0.05, 0) is 39.2 Å². The van der Waals surface area contributed by atoms with Gasteiger partial charge in [0.05, 0.1) is 5.92 Å². The van der Waals surface area contributed by atoms with Crippen molar-refractivity contribution in [2.75, 3.05) is 19.6 Å². The number of likely N-dealkylation sites (tertiary alicyclic amines) is 1. The first kappa shape index (κ1) is 17.2. The number of nitrogens with zero attached hydrogens (tertiary/aromatic N) is 1. The second kappa shape index (κ2) is 7.84. The smallest absolute Gasteiger partial charge is 0.225 e. The minimum absolute atomic E-state index is 0. The van der Waals surface area contributed by atoms with E-state index in [0.717, 1.165) is 38.8 Å². The summed E-state index contributed by atoms with van der Waals surface area (Å²) in [6, 6.07) is 0.569. The molecule has 2 fully saturated rings. The van der Waals surface area contributed by atoms with Crippen LogP contribution in [0, 0.1) is 5.92 Å². The Morgan fingerprint density at radius 3 is 2.65 bits per heavy atom. The van der Waals surface area contributed by atoms with E-state index in [-0.39, 0.29) is 36.2 Å². The maximum atomic E-state index is 12.3. The van der Waals surface area contributed by atoms with Crippen molar-refractivity contribution in [3.63, 3.8) is 0 Å². The van der Waals surface area contributed by atoms with E-state index in [9.17, 15) is 9.59 Å². The molecule has 2 amide bonds. The second-order valence-electron chi connectivity index (χ2n) is 5.80. The van der Waals surface area contributed by atoms with E-state index in [4.69, 9.17) is 0 Å². The van der Waals surface area contributed by atoms with Crippen molar-refractivity contribution in [3.8, 4) is 0 Å². The van der Waals surface area contributed by atoms with Crippen molar-refractivity contribution in [2.24, 2.45) is 5.92 Å².